The van der Waals surface area contributed by atoms with E-state index in [0.29, 0.717) is 38.5 Å². The first-order valence-electron chi connectivity index (χ1n) is 8.21. The summed E-state index contributed by atoms with van der Waals surface area (Å²) in [6, 6.07) is 7.08. The average molecular weight is 409 g/mol. The number of nitrogens with zero attached hydrogens (tertiary/aromatic N) is 2. The highest BCUT2D eigenvalue weighted by Crippen LogP contribution is 2.16. The van der Waals surface area contributed by atoms with Crippen LogP contribution >= 0.6 is 11.3 Å². The predicted octanol–water partition coefficient (Wildman–Crippen LogP) is 1.53. The number of carbonyl (C=O) groups excluding carboxylic acids is 2. The van der Waals surface area contributed by atoms with Crippen LogP contribution in [0, 0.1) is 0 Å². The molecule has 1 fully saturated rings. The van der Waals surface area contributed by atoms with Gasteiger partial charge in [0.1, 0.15) is 0 Å². The quantitative estimate of drug-likeness (QED) is 0.510. The first kappa shape index (κ1) is 21.1. The molecule has 2 aromatic rings. The summed E-state index contributed by atoms with van der Waals surface area (Å²) in [6.45, 7) is 2.92. The van der Waals surface area contributed by atoms with Gasteiger partial charge in [0.2, 0.25) is 5.78 Å². The predicted molar refractivity (Wildman–Crippen MR) is 99.7 cm³/mol. The number of hydrogen-bond donors (Lipinski definition) is 3. The summed E-state index contributed by atoms with van der Waals surface area (Å²) in [5, 5.41) is 20.4. The second-order valence-corrected chi connectivity index (χ2v) is 6.63. The van der Waals surface area contributed by atoms with E-state index in [1.165, 1.54) is 17.6 Å². The third kappa shape index (κ3) is 6.52. The molecule has 0 unspecified atom stereocenters. The van der Waals surface area contributed by atoms with Gasteiger partial charge in [-0.2, -0.15) is 0 Å². The highest BCUT2D eigenvalue weighted by Gasteiger charge is 2.23. The first-order chi connectivity index (χ1) is 13.4. The van der Waals surface area contributed by atoms with Gasteiger partial charge in [0.05, 0.1) is 17.8 Å². The number of carboxylic acids is 2. The Kier molecular flexibility index (Phi) is 7.72. The van der Waals surface area contributed by atoms with Crippen molar-refractivity contribution in [2.75, 3.05) is 38.0 Å². The molecule has 3 heterocycles. The number of rotatable bonds is 4. The second kappa shape index (κ2) is 10.2. The Labute approximate surface area is 164 Å². The fourth-order valence-electron chi connectivity index (χ4n) is 2.36. The molecule has 28 heavy (non-hydrogen) atoms. The van der Waals surface area contributed by atoms with Crippen LogP contribution < -0.4 is 5.32 Å². The van der Waals surface area contributed by atoms with Crippen LogP contribution in [0.2, 0.25) is 0 Å². The normalized spacial score (nSPS) is 13.9. The van der Waals surface area contributed by atoms with E-state index >= 15 is 0 Å². The summed E-state index contributed by atoms with van der Waals surface area (Å²) < 4.78 is 5.11. The van der Waals surface area contributed by atoms with E-state index in [9.17, 15) is 9.59 Å². The molecular weight excluding hydrogens is 390 g/mol. The van der Waals surface area contributed by atoms with Gasteiger partial charge in [0.15, 0.2) is 5.76 Å². The van der Waals surface area contributed by atoms with E-state index in [1.54, 1.807) is 17.0 Å². The molecule has 1 aliphatic rings. The standard InChI is InChI=1S/C15H17N3O3S.C2H2O4/c19-12(13-3-1-9-21-13)11-17-5-7-18(8-6-17)15(20)16-14-4-2-10-22-14;3-1(4)2(5)6/h1-4,9-10H,5-8,11H2,(H,16,20);(H,3,4)(H,5,6). The zero-order valence-corrected chi connectivity index (χ0v) is 15.6. The molecule has 0 bridgehead atoms. The highest BCUT2D eigenvalue weighted by molar-refractivity contribution is 7.14. The maximum Gasteiger partial charge on any atom is 0.414 e. The molecule has 150 valence electrons. The molecule has 2 amide bonds. The Morgan fingerprint density at radius 2 is 1.71 bits per heavy atom. The SMILES string of the molecule is O=C(CN1CCN(C(=O)Nc2cccs2)CC1)c1ccco1.O=C(O)C(=O)O. The molecular formula is C17H19N3O7S. The van der Waals surface area contributed by atoms with Crippen molar-refractivity contribution in [1.82, 2.24) is 9.80 Å². The number of hydrogen-bond acceptors (Lipinski definition) is 7. The van der Waals surface area contributed by atoms with Crippen LogP contribution in [0.4, 0.5) is 9.80 Å². The topological polar surface area (TPSA) is 140 Å². The molecule has 3 rings (SSSR count). The van der Waals surface area contributed by atoms with E-state index in [-0.39, 0.29) is 11.8 Å². The third-order valence-electron chi connectivity index (χ3n) is 3.76. The monoisotopic (exact) mass is 409 g/mol. The lowest BCUT2D eigenvalue weighted by molar-refractivity contribution is -0.159. The number of carboxylic acid groups (broad SMARTS) is 2. The Balaban J connectivity index is 0.000000409. The van der Waals surface area contributed by atoms with Crippen molar-refractivity contribution < 1.29 is 33.8 Å². The molecule has 0 spiro atoms. The van der Waals surface area contributed by atoms with Crippen LogP contribution in [-0.4, -0.2) is 76.5 Å². The summed E-state index contributed by atoms with van der Waals surface area (Å²) in [4.78, 5) is 46.1. The lowest BCUT2D eigenvalue weighted by atomic mass is 10.2. The van der Waals surface area contributed by atoms with E-state index in [2.05, 4.69) is 5.32 Å². The van der Waals surface area contributed by atoms with Crippen LogP contribution in [0.1, 0.15) is 10.6 Å². The minimum atomic E-state index is -1.82. The number of carbonyl (C=O) groups is 4. The zero-order chi connectivity index (χ0) is 20.5. The number of Topliss-reactive ketones (excluding diaryl/α,β-unsaturated/α-hetero) is 1. The Hall–Kier alpha value is -3.18. The van der Waals surface area contributed by atoms with Gasteiger partial charge in [0.25, 0.3) is 0 Å². The molecule has 3 N–H and O–H groups in total. The van der Waals surface area contributed by atoms with Gasteiger partial charge in [-0.05, 0) is 29.6 Å². The van der Waals surface area contributed by atoms with Crippen LogP contribution in [-0.2, 0) is 9.59 Å². The molecule has 10 nitrogen and oxygen atoms in total. The Morgan fingerprint density at radius 1 is 1.04 bits per heavy atom. The van der Waals surface area contributed by atoms with Crippen LogP contribution in [0.25, 0.3) is 0 Å². The summed E-state index contributed by atoms with van der Waals surface area (Å²) in [7, 11) is 0. The van der Waals surface area contributed by atoms with E-state index in [1.807, 2.05) is 22.4 Å². The Bertz CT molecular complexity index is 785. The number of urea groups is 1. The molecule has 0 aromatic carbocycles. The van der Waals surface area contributed by atoms with E-state index in [4.69, 9.17) is 24.2 Å². The zero-order valence-electron chi connectivity index (χ0n) is 14.7. The van der Waals surface area contributed by atoms with Crippen molar-refractivity contribution in [3.05, 3.63) is 41.7 Å². The van der Waals surface area contributed by atoms with Crippen molar-refractivity contribution in [2.45, 2.75) is 0 Å². The number of amides is 2. The van der Waals surface area contributed by atoms with E-state index in [0.717, 1.165) is 5.00 Å². The van der Waals surface area contributed by atoms with Gasteiger partial charge in [-0.3, -0.25) is 15.0 Å². The Morgan fingerprint density at radius 3 is 2.21 bits per heavy atom. The van der Waals surface area contributed by atoms with Crippen LogP contribution in [0.3, 0.4) is 0 Å². The van der Waals surface area contributed by atoms with Crippen molar-refractivity contribution in [2.24, 2.45) is 0 Å². The van der Waals surface area contributed by atoms with E-state index < -0.39 is 11.9 Å². The highest BCUT2D eigenvalue weighted by atomic mass is 32.1. The van der Waals surface area contributed by atoms with Gasteiger partial charge in [-0.15, -0.1) is 11.3 Å². The molecule has 0 radical (unpaired) electrons. The maximum absolute atomic E-state index is 12.1. The first-order valence-corrected chi connectivity index (χ1v) is 9.09. The van der Waals surface area contributed by atoms with Crippen molar-refractivity contribution >= 4 is 40.1 Å². The van der Waals surface area contributed by atoms with Crippen molar-refractivity contribution in [3.63, 3.8) is 0 Å². The number of piperazine rings is 1. The molecule has 0 atom stereocenters. The lowest BCUT2D eigenvalue weighted by Gasteiger charge is -2.34. The van der Waals surface area contributed by atoms with Gasteiger partial charge < -0.3 is 19.5 Å². The average Bonchev–Trinajstić information content (AvgIpc) is 3.36. The number of anilines is 1. The molecule has 0 saturated carbocycles. The number of ketones is 1. The fraction of sp³-hybridized carbons (Fsp3) is 0.294. The van der Waals surface area contributed by atoms with Crippen molar-refractivity contribution in [1.29, 1.82) is 0 Å². The smallest absolute Gasteiger partial charge is 0.414 e. The molecule has 1 aliphatic heterocycles. The summed E-state index contributed by atoms with van der Waals surface area (Å²) in [5.41, 5.74) is 0. The largest absolute Gasteiger partial charge is 0.473 e. The fourth-order valence-corrected chi connectivity index (χ4v) is 2.97. The summed E-state index contributed by atoms with van der Waals surface area (Å²) in [6.07, 6.45) is 1.50. The van der Waals surface area contributed by atoms with Crippen molar-refractivity contribution in [3.8, 4) is 0 Å². The van der Waals surface area contributed by atoms with Crippen LogP contribution in [0.15, 0.2) is 40.3 Å². The summed E-state index contributed by atoms with van der Waals surface area (Å²) in [5.74, 6) is -3.29. The number of aliphatic carboxylic acids is 2. The van der Waals surface area contributed by atoms with Gasteiger partial charge >= 0.3 is 18.0 Å². The number of thiophene rings is 1. The second-order valence-electron chi connectivity index (χ2n) is 5.68. The molecule has 11 heteroatoms. The minimum absolute atomic E-state index is 0.0264. The number of nitrogens with one attached hydrogen (secondary N) is 1. The third-order valence-corrected chi connectivity index (χ3v) is 4.54. The molecule has 0 aliphatic carbocycles. The lowest BCUT2D eigenvalue weighted by Crippen LogP contribution is -2.51. The van der Waals surface area contributed by atoms with Gasteiger partial charge in [-0.1, -0.05) is 0 Å². The molecule has 2 aromatic heterocycles. The summed E-state index contributed by atoms with van der Waals surface area (Å²) >= 11 is 1.50. The number of furan rings is 1. The van der Waals surface area contributed by atoms with Crippen LogP contribution in [0.5, 0.6) is 0 Å². The van der Waals surface area contributed by atoms with Gasteiger partial charge in [-0.25, -0.2) is 14.4 Å². The maximum atomic E-state index is 12.1. The molecule has 1 saturated heterocycles. The van der Waals surface area contributed by atoms with Gasteiger partial charge in [0, 0.05) is 26.2 Å². The minimum Gasteiger partial charge on any atom is -0.473 e.